The molecule has 0 saturated heterocycles. The Morgan fingerprint density at radius 3 is 2.60 bits per heavy atom. The van der Waals surface area contributed by atoms with Gasteiger partial charge in [0.1, 0.15) is 5.82 Å². The van der Waals surface area contributed by atoms with Crippen molar-refractivity contribution < 1.29 is 12.8 Å². The molecule has 20 heavy (non-hydrogen) atoms. The molecule has 0 radical (unpaired) electrons. The number of hydrogen-bond acceptors (Lipinski definition) is 3. The lowest BCUT2D eigenvalue weighted by molar-refractivity contribution is 0.395. The van der Waals surface area contributed by atoms with E-state index in [1.54, 1.807) is 0 Å². The van der Waals surface area contributed by atoms with Gasteiger partial charge in [0.2, 0.25) is 10.0 Å². The van der Waals surface area contributed by atoms with Crippen molar-refractivity contribution in [3.05, 3.63) is 23.5 Å². The molecule has 1 fully saturated rings. The summed E-state index contributed by atoms with van der Waals surface area (Å²) in [5.41, 5.74) is 5.86. The molecule has 1 aliphatic rings. The number of nitrogens with two attached hydrogens (primary N) is 1. The number of anilines is 1. The van der Waals surface area contributed by atoms with Crippen molar-refractivity contribution in [1.82, 2.24) is 4.31 Å². The summed E-state index contributed by atoms with van der Waals surface area (Å²) in [7, 11) is -3.68. The van der Waals surface area contributed by atoms with Crippen LogP contribution in [0.5, 0.6) is 0 Å². The van der Waals surface area contributed by atoms with Gasteiger partial charge in [0.05, 0.1) is 4.90 Å². The lowest BCUT2D eigenvalue weighted by Crippen LogP contribution is -2.34. The first-order chi connectivity index (χ1) is 9.36. The van der Waals surface area contributed by atoms with Gasteiger partial charge in [-0.2, -0.15) is 4.31 Å². The molecule has 1 aromatic carbocycles. The van der Waals surface area contributed by atoms with Gasteiger partial charge in [0.15, 0.2) is 0 Å². The summed E-state index contributed by atoms with van der Waals surface area (Å²) in [6.07, 6.45) is 2.87. The number of nitrogen functional groups attached to an aromatic ring is 1. The largest absolute Gasteiger partial charge is 0.399 e. The highest BCUT2D eigenvalue weighted by Crippen LogP contribution is 2.33. The Hall–Kier alpha value is -1.14. The molecule has 2 N–H and O–H groups in total. The van der Waals surface area contributed by atoms with E-state index in [9.17, 15) is 12.8 Å². The summed E-state index contributed by atoms with van der Waals surface area (Å²) in [5, 5.41) is 0. The summed E-state index contributed by atoms with van der Waals surface area (Å²) in [6, 6.07) is 2.50. The van der Waals surface area contributed by atoms with Gasteiger partial charge in [-0.05, 0) is 44.2 Å². The van der Waals surface area contributed by atoms with Gasteiger partial charge in [-0.3, -0.25) is 0 Å². The molecular formula is C14H21FN2O2S. The Balaban J connectivity index is 2.40. The van der Waals surface area contributed by atoms with Crippen molar-refractivity contribution in [2.45, 2.75) is 38.0 Å². The number of nitrogens with zero attached hydrogens (tertiary/aromatic N) is 1. The number of hydrogen-bond donors (Lipinski definition) is 1. The monoisotopic (exact) mass is 300 g/mol. The lowest BCUT2D eigenvalue weighted by Gasteiger charge is -2.23. The first kappa shape index (κ1) is 15.3. The number of halogens is 1. The summed E-state index contributed by atoms with van der Waals surface area (Å²) >= 11 is 0. The van der Waals surface area contributed by atoms with Crippen molar-refractivity contribution >= 4 is 15.7 Å². The summed E-state index contributed by atoms with van der Waals surface area (Å²) in [5.74, 6) is -0.131. The van der Waals surface area contributed by atoms with Gasteiger partial charge in [-0.15, -0.1) is 0 Å². The lowest BCUT2D eigenvalue weighted by atomic mass is 10.2. The second kappa shape index (κ2) is 5.69. The van der Waals surface area contributed by atoms with Gasteiger partial charge < -0.3 is 5.73 Å². The number of benzene rings is 1. The van der Waals surface area contributed by atoms with Gasteiger partial charge in [0.25, 0.3) is 0 Å². The molecule has 0 amide bonds. The summed E-state index contributed by atoms with van der Waals surface area (Å²) in [4.78, 5) is -0.0101. The van der Waals surface area contributed by atoms with E-state index in [1.807, 2.05) is 6.92 Å². The van der Waals surface area contributed by atoms with E-state index in [4.69, 9.17) is 5.73 Å². The minimum Gasteiger partial charge on any atom is -0.399 e. The molecule has 0 heterocycles. The predicted molar refractivity (Wildman–Crippen MR) is 77.3 cm³/mol. The van der Waals surface area contributed by atoms with E-state index < -0.39 is 15.8 Å². The average Bonchev–Trinajstić information content (AvgIpc) is 3.17. The van der Waals surface area contributed by atoms with Gasteiger partial charge in [-0.25, -0.2) is 12.8 Å². The molecule has 0 bridgehead atoms. The highest BCUT2D eigenvalue weighted by atomic mass is 32.2. The fourth-order valence-electron chi connectivity index (χ4n) is 2.23. The number of sulfonamides is 1. The van der Waals surface area contributed by atoms with Crippen molar-refractivity contribution in [2.24, 2.45) is 5.92 Å². The Kier molecular flexibility index (Phi) is 4.34. The van der Waals surface area contributed by atoms with E-state index in [-0.39, 0.29) is 16.1 Å². The van der Waals surface area contributed by atoms with Crippen molar-refractivity contribution in [3.8, 4) is 0 Å². The number of rotatable bonds is 6. The quantitative estimate of drug-likeness (QED) is 0.821. The molecule has 1 aliphatic carbocycles. The maximum atomic E-state index is 13.7. The Morgan fingerprint density at radius 2 is 2.05 bits per heavy atom. The summed E-state index contributed by atoms with van der Waals surface area (Å²) < 4.78 is 40.6. The standard InChI is InChI=1S/C14H21FN2O2S/c1-3-6-17(9-11-4-5-11)20(18,19)14-8-12(16)7-13(15)10(14)2/h7-8,11H,3-6,9,16H2,1-2H3. The maximum Gasteiger partial charge on any atom is 0.243 e. The van der Waals surface area contributed by atoms with Gasteiger partial charge >= 0.3 is 0 Å². The topological polar surface area (TPSA) is 63.4 Å². The molecular weight excluding hydrogens is 279 g/mol. The van der Waals surface area contributed by atoms with E-state index >= 15 is 0 Å². The second-order valence-electron chi connectivity index (χ2n) is 5.43. The zero-order chi connectivity index (χ0) is 14.9. The van der Waals surface area contributed by atoms with Crippen LogP contribution in [0.4, 0.5) is 10.1 Å². The molecule has 0 atom stereocenters. The molecule has 4 nitrogen and oxygen atoms in total. The predicted octanol–water partition coefficient (Wildman–Crippen LogP) is 2.53. The Morgan fingerprint density at radius 1 is 1.40 bits per heavy atom. The van der Waals surface area contributed by atoms with Crippen LogP contribution in [0.15, 0.2) is 17.0 Å². The third-order valence-corrected chi connectivity index (χ3v) is 5.56. The van der Waals surface area contributed by atoms with Crippen LogP contribution in [0.25, 0.3) is 0 Å². The maximum absolute atomic E-state index is 13.7. The average molecular weight is 300 g/mol. The van der Waals surface area contributed by atoms with E-state index in [1.165, 1.54) is 17.3 Å². The van der Waals surface area contributed by atoms with E-state index in [2.05, 4.69) is 0 Å². The van der Waals surface area contributed by atoms with Crippen LogP contribution in [-0.2, 0) is 10.0 Å². The molecule has 6 heteroatoms. The van der Waals surface area contributed by atoms with E-state index in [0.717, 1.165) is 25.3 Å². The molecule has 0 aliphatic heterocycles. The molecule has 0 aromatic heterocycles. The minimum absolute atomic E-state index is 0.0101. The molecule has 0 spiro atoms. The van der Waals surface area contributed by atoms with Crippen LogP contribution in [0.2, 0.25) is 0 Å². The highest BCUT2D eigenvalue weighted by Gasteiger charge is 2.32. The van der Waals surface area contributed by atoms with Crippen LogP contribution >= 0.6 is 0 Å². The normalized spacial score (nSPS) is 15.8. The van der Waals surface area contributed by atoms with Crippen LogP contribution in [-0.4, -0.2) is 25.8 Å². The van der Waals surface area contributed by atoms with E-state index in [0.29, 0.717) is 19.0 Å². The van der Waals surface area contributed by atoms with Crippen molar-refractivity contribution in [2.75, 3.05) is 18.8 Å². The third kappa shape index (κ3) is 3.12. The Bertz CT molecular complexity index is 597. The SMILES string of the molecule is CCCN(CC1CC1)S(=O)(=O)c1cc(N)cc(F)c1C. The molecule has 1 saturated carbocycles. The smallest absolute Gasteiger partial charge is 0.243 e. The van der Waals surface area contributed by atoms with Crippen molar-refractivity contribution in [3.63, 3.8) is 0 Å². The van der Waals surface area contributed by atoms with Crippen LogP contribution < -0.4 is 5.73 Å². The molecule has 0 unspecified atom stereocenters. The first-order valence-corrected chi connectivity index (χ1v) is 8.36. The van der Waals surface area contributed by atoms with Crippen molar-refractivity contribution in [1.29, 1.82) is 0 Å². The Labute approximate surface area is 119 Å². The minimum atomic E-state index is -3.68. The fourth-order valence-corrected chi connectivity index (χ4v) is 4.11. The molecule has 2 rings (SSSR count). The zero-order valence-electron chi connectivity index (χ0n) is 11.9. The van der Waals surface area contributed by atoms with Gasteiger partial charge in [-0.1, -0.05) is 6.92 Å². The van der Waals surface area contributed by atoms with Gasteiger partial charge in [0, 0.05) is 24.3 Å². The first-order valence-electron chi connectivity index (χ1n) is 6.92. The van der Waals surface area contributed by atoms with Crippen LogP contribution in [0.3, 0.4) is 0 Å². The zero-order valence-corrected chi connectivity index (χ0v) is 12.7. The molecule has 112 valence electrons. The summed E-state index contributed by atoms with van der Waals surface area (Å²) in [6.45, 7) is 4.38. The third-order valence-electron chi connectivity index (χ3n) is 3.57. The van der Waals surface area contributed by atoms with Crippen LogP contribution in [0.1, 0.15) is 31.7 Å². The highest BCUT2D eigenvalue weighted by molar-refractivity contribution is 7.89. The fraction of sp³-hybridized carbons (Fsp3) is 0.571. The van der Waals surface area contributed by atoms with Crippen LogP contribution in [0, 0.1) is 18.7 Å². The second-order valence-corrected chi connectivity index (χ2v) is 7.34. The molecule has 1 aromatic rings.